The van der Waals surface area contributed by atoms with Gasteiger partial charge in [0.25, 0.3) is 22.9 Å². The van der Waals surface area contributed by atoms with Gasteiger partial charge in [-0.3, -0.25) is 28.3 Å². The van der Waals surface area contributed by atoms with E-state index in [0.717, 1.165) is 44.1 Å². The molecule has 3 aliphatic carbocycles. The molecule has 16 nitrogen and oxygen atoms in total. The molecule has 4 aromatic heterocycles. The summed E-state index contributed by atoms with van der Waals surface area (Å²) in [5.74, 6) is 1.27. The van der Waals surface area contributed by atoms with Gasteiger partial charge in [-0.15, -0.1) is 0 Å². The lowest BCUT2D eigenvalue weighted by Crippen LogP contribution is -2.50. The maximum absolute atomic E-state index is 13.4. The maximum atomic E-state index is 13.4. The fourth-order valence-electron chi connectivity index (χ4n) is 8.55. The van der Waals surface area contributed by atoms with Crippen molar-refractivity contribution in [1.82, 2.24) is 39.7 Å². The van der Waals surface area contributed by atoms with Gasteiger partial charge in [0.15, 0.2) is 0 Å². The highest BCUT2D eigenvalue weighted by Gasteiger charge is 2.54. The Morgan fingerprint density at radius 3 is 1.84 bits per heavy atom. The van der Waals surface area contributed by atoms with E-state index in [1.165, 1.54) is 43.2 Å². The molecule has 4 aromatic rings. The van der Waals surface area contributed by atoms with Gasteiger partial charge in [-0.05, 0) is 99.8 Å². The van der Waals surface area contributed by atoms with Crippen molar-refractivity contribution in [2.45, 2.75) is 104 Å². The first-order chi connectivity index (χ1) is 27.2. The molecular weight excluding hydrogens is 748 g/mol. The van der Waals surface area contributed by atoms with Crippen molar-refractivity contribution in [3.63, 3.8) is 0 Å². The number of halogens is 1. The molecule has 5 aliphatic rings. The van der Waals surface area contributed by atoms with E-state index in [1.54, 1.807) is 21.3 Å². The first-order valence-corrected chi connectivity index (χ1v) is 19.9. The summed E-state index contributed by atoms with van der Waals surface area (Å²) in [7, 11) is 0. The van der Waals surface area contributed by atoms with Crippen LogP contribution in [0.1, 0.15) is 112 Å². The Kier molecular flexibility index (Phi) is 10.4. The number of hydrogen-bond donors (Lipinski definition) is 6. The van der Waals surface area contributed by atoms with Crippen molar-refractivity contribution < 1.29 is 9.59 Å². The molecule has 2 amide bonds. The van der Waals surface area contributed by atoms with E-state index in [9.17, 15) is 19.2 Å². The van der Waals surface area contributed by atoms with Crippen LogP contribution in [0.25, 0.3) is 0 Å². The van der Waals surface area contributed by atoms with E-state index in [4.69, 9.17) is 23.1 Å². The zero-order chi connectivity index (χ0) is 40.9. The minimum atomic E-state index is -0.811. The molecule has 3 spiro atoms. The van der Waals surface area contributed by atoms with Crippen molar-refractivity contribution in [1.29, 1.82) is 0 Å². The zero-order valence-corrected chi connectivity index (χ0v) is 33.6. The lowest BCUT2D eigenvalue weighted by molar-refractivity contribution is 0.0821. The van der Waals surface area contributed by atoms with Gasteiger partial charge < -0.3 is 32.7 Å². The van der Waals surface area contributed by atoms with E-state index in [2.05, 4.69) is 61.1 Å². The molecule has 0 aromatic carbocycles. The van der Waals surface area contributed by atoms with Crippen molar-refractivity contribution in [3.05, 3.63) is 91.3 Å². The van der Waals surface area contributed by atoms with E-state index in [0.29, 0.717) is 46.6 Å². The Labute approximate surface area is 334 Å². The van der Waals surface area contributed by atoms with Gasteiger partial charge in [0.2, 0.25) is 0 Å². The summed E-state index contributed by atoms with van der Waals surface area (Å²) in [5.41, 5.74) is 13.0. The Hall–Kier alpha value is -5.77. The maximum Gasteiger partial charge on any atom is 0.277 e. The van der Waals surface area contributed by atoms with Crippen LogP contribution >= 0.6 is 11.6 Å². The molecule has 1 unspecified atom stereocenters. The smallest absolute Gasteiger partial charge is 0.277 e. The topological polar surface area (TPSA) is 230 Å². The van der Waals surface area contributed by atoms with Crippen LogP contribution in [0, 0.1) is 18.3 Å². The standard InChI is InChI=1S/C20H24N6O2.C18H19ClN6O2.C2H6/c1-11(2)13-5-4-6-20(9-13)25-18(27)17-12(3)7-14(19(28)26(17)20)24-16-8-15(21)22-10-23-16;19-10-7-11(23-13-8-12(20)21-9-22-13)16(27)25-14(10)15(26)24-18(25)5-3-17(1-2-17)4-6-18;1-2/h7-11H,4-6H2,1-3H3,(H,25,27)(H3,21,22,23,24);7-9H,1-6H2,(H,24,26)(H3,20,21,22,23);1-2H3. The first kappa shape index (κ1) is 39.5. The van der Waals surface area contributed by atoms with Gasteiger partial charge in [0.1, 0.15) is 70.0 Å². The minimum Gasteiger partial charge on any atom is -0.384 e. The number of anilines is 6. The van der Waals surface area contributed by atoms with Crippen LogP contribution in [0.5, 0.6) is 0 Å². The molecule has 1 atom stereocenters. The number of aromatic nitrogens is 6. The summed E-state index contributed by atoms with van der Waals surface area (Å²) in [6.07, 6.45) is 13.3. The number of nitrogens with zero attached hydrogens (tertiary/aromatic N) is 6. The quantitative estimate of drug-likeness (QED) is 0.131. The van der Waals surface area contributed by atoms with Gasteiger partial charge in [-0.25, -0.2) is 19.9 Å². The normalized spacial score (nSPS) is 20.4. The largest absolute Gasteiger partial charge is 0.384 e. The van der Waals surface area contributed by atoms with Crippen LogP contribution in [0.4, 0.5) is 34.6 Å². The third-order valence-electron chi connectivity index (χ3n) is 11.7. The number of nitrogen functional groups attached to an aromatic ring is 2. The lowest BCUT2D eigenvalue weighted by atomic mass is 9.79. The fourth-order valence-corrected chi connectivity index (χ4v) is 8.83. The highest BCUT2D eigenvalue weighted by Crippen LogP contribution is 2.59. The molecule has 0 radical (unpaired) electrons. The predicted octanol–water partition coefficient (Wildman–Crippen LogP) is 5.83. The number of carbonyl (C=O) groups excluding carboxylic acids is 2. The van der Waals surface area contributed by atoms with Crippen LogP contribution < -0.4 is 43.9 Å². The number of pyridine rings is 2. The Morgan fingerprint density at radius 2 is 1.28 bits per heavy atom. The molecule has 0 saturated heterocycles. The van der Waals surface area contributed by atoms with Crippen LogP contribution in [-0.2, 0) is 11.3 Å². The number of rotatable bonds is 5. The summed E-state index contributed by atoms with van der Waals surface area (Å²) >= 11 is 6.39. The third kappa shape index (κ3) is 7.22. The van der Waals surface area contributed by atoms with Crippen molar-refractivity contribution >= 4 is 58.1 Å². The van der Waals surface area contributed by atoms with Crippen molar-refractivity contribution in [2.75, 3.05) is 22.1 Å². The molecular formula is C40H49ClN12O4. The number of aryl methyl sites for hydroxylation is 1. The zero-order valence-electron chi connectivity index (χ0n) is 32.8. The Bertz CT molecular complexity index is 2410. The number of allylic oxidation sites excluding steroid dienone is 1. The van der Waals surface area contributed by atoms with E-state index >= 15 is 0 Å². The molecule has 2 aliphatic heterocycles. The van der Waals surface area contributed by atoms with Crippen molar-refractivity contribution in [3.8, 4) is 0 Å². The summed E-state index contributed by atoms with van der Waals surface area (Å²) in [4.78, 5) is 67.9. The highest BCUT2D eigenvalue weighted by molar-refractivity contribution is 6.34. The van der Waals surface area contributed by atoms with Gasteiger partial charge in [-0.2, -0.15) is 0 Å². The molecule has 6 heterocycles. The van der Waals surface area contributed by atoms with Crippen molar-refractivity contribution in [2.24, 2.45) is 11.3 Å². The van der Waals surface area contributed by atoms with Gasteiger partial charge in [0.05, 0.1) is 5.02 Å². The van der Waals surface area contributed by atoms with Gasteiger partial charge >= 0.3 is 0 Å². The molecule has 300 valence electrons. The van der Waals surface area contributed by atoms with Crippen LogP contribution in [0.15, 0.2) is 58.2 Å². The highest BCUT2D eigenvalue weighted by atomic mass is 35.5. The van der Waals surface area contributed by atoms with Crippen LogP contribution in [-0.4, -0.2) is 40.9 Å². The van der Waals surface area contributed by atoms with Gasteiger partial charge in [0, 0.05) is 12.1 Å². The predicted molar refractivity (Wildman–Crippen MR) is 220 cm³/mol. The average molecular weight is 797 g/mol. The second kappa shape index (κ2) is 15.0. The summed E-state index contributed by atoms with van der Waals surface area (Å²) in [6.45, 7) is 10.1. The SMILES string of the molecule is CC.Cc1cc(Nc2cc(N)ncn2)c(=O)n2c1C(=O)NC21C=C(C(C)C)CCC1.Nc1cc(Nc2cc(Cl)c3n(c2=O)C2(CCC4(CC4)CC2)NC3=O)ncn1. The number of carbonyl (C=O) groups is 2. The molecule has 2 saturated carbocycles. The van der Waals surface area contributed by atoms with Crippen LogP contribution in [0.3, 0.4) is 0 Å². The number of hydrogen-bond acceptors (Lipinski definition) is 12. The van der Waals surface area contributed by atoms with Crippen LogP contribution in [0.2, 0.25) is 5.02 Å². The summed E-state index contributed by atoms with van der Waals surface area (Å²) < 4.78 is 3.17. The fraction of sp³-hybridized carbons (Fsp3) is 0.450. The molecule has 57 heavy (non-hydrogen) atoms. The molecule has 0 bridgehead atoms. The average Bonchev–Trinajstić information content (AvgIpc) is 3.79. The molecule has 9 rings (SSSR count). The number of nitrogens with two attached hydrogens (primary N) is 2. The van der Waals surface area contributed by atoms with Gasteiger partial charge in [-0.1, -0.05) is 44.9 Å². The van der Waals surface area contributed by atoms with E-state index in [1.807, 2.05) is 20.8 Å². The van der Waals surface area contributed by atoms with E-state index in [-0.39, 0.29) is 45.2 Å². The third-order valence-corrected chi connectivity index (χ3v) is 12.0. The Balaban J connectivity index is 0.000000167. The summed E-state index contributed by atoms with van der Waals surface area (Å²) in [6, 6.07) is 6.24. The number of nitrogens with one attached hydrogen (secondary N) is 4. The number of fused-ring (bicyclic) bond motifs is 4. The lowest BCUT2D eigenvalue weighted by Gasteiger charge is -2.38. The second-order valence-electron chi connectivity index (χ2n) is 15.6. The molecule has 8 N–H and O–H groups in total. The Morgan fingerprint density at radius 1 is 0.737 bits per heavy atom. The first-order valence-electron chi connectivity index (χ1n) is 19.5. The molecule has 17 heteroatoms. The minimum absolute atomic E-state index is 0.214. The molecule has 2 fully saturated rings. The second-order valence-corrected chi connectivity index (χ2v) is 16.0. The van der Waals surface area contributed by atoms with E-state index < -0.39 is 11.3 Å². The number of amides is 2. The monoisotopic (exact) mass is 796 g/mol. The summed E-state index contributed by atoms with van der Waals surface area (Å²) in [5, 5.41) is 12.4.